The number of ketones is 1. The van der Waals surface area contributed by atoms with Crippen LogP contribution in [-0.4, -0.2) is 43.4 Å². The van der Waals surface area contributed by atoms with Crippen molar-refractivity contribution < 1.29 is 22.8 Å². The Kier molecular flexibility index (Phi) is 7.24. The van der Waals surface area contributed by atoms with E-state index in [2.05, 4.69) is 10.6 Å². The predicted molar refractivity (Wildman–Crippen MR) is 110 cm³/mol. The number of benzene rings is 2. The van der Waals surface area contributed by atoms with Gasteiger partial charge in [0.15, 0.2) is 5.78 Å². The van der Waals surface area contributed by atoms with Crippen LogP contribution in [-0.2, 0) is 19.6 Å². The maximum atomic E-state index is 12.8. The van der Waals surface area contributed by atoms with Crippen molar-refractivity contribution in [3.05, 3.63) is 54.1 Å². The van der Waals surface area contributed by atoms with Crippen molar-refractivity contribution in [3.63, 3.8) is 0 Å². The predicted octanol–water partition coefficient (Wildman–Crippen LogP) is 2.50. The van der Waals surface area contributed by atoms with Crippen LogP contribution < -0.4 is 10.6 Å². The first-order chi connectivity index (χ1) is 13.6. The van der Waals surface area contributed by atoms with Crippen molar-refractivity contribution in [2.24, 2.45) is 0 Å². The van der Waals surface area contributed by atoms with Gasteiger partial charge in [0.25, 0.3) is 0 Å². The van der Waals surface area contributed by atoms with Gasteiger partial charge in [0.1, 0.15) is 0 Å². The van der Waals surface area contributed by atoms with Crippen molar-refractivity contribution in [1.82, 2.24) is 4.31 Å². The van der Waals surface area contributed by atoms with Gasteiger partial charge in [0.2, 0.25) is 21.8 Å². The average Bonchev–Trinajstić information content (AvgIpc) is 2.67. The van der Waals surface area contributed by atoms with E-state index in [9.17, 15) is 22.8 Å². The number of nitrogens with one attached hydrogen (secondary N) is 2. The van der Waals surface area contributed by atoms with Gasteiger partial charge < -0.3 is 10.6 Å². The van der Waals surface area contributed by atoms with Crippen LogP contribution in [0, 0.1) is 0 Å². The van der Waals surface area contributed by atoms with E-state index in [0.717, 1.165) is 4.31 Å². The fraction of sp³-hybridized carbons (Fsp3) is 0.250. The zero-order valence-corrected chi connectivity index (χ0v) is 17.2. The standard InChI is InChI=1S/C20H23N3O5S/c1-4-23(29(27,28)19-11-5-16(6-12-19)14(2)24)13-20(26)22-18-9-7-17(8-10-18)21-15(3)25/h5-12H,4,13H2,1-3H3,(H,21,25)(H,22,26). The summed E-state index contributed by atoms with van der Waals surface area (Å²) in [5.74, 6) is -0.866. The Balaban J connectivity index is 2.08. The van der Waals surface area contributed by atoms with Crippen LogP contribution in [0.1, 0.15) is 31.1 Å². The van der Waals surface area contributed by atoms with E-state index in [0.29, 0.717) is 16.9 Å². The van der Waals surface area contributed by atoms with Crippen LogP contribution >= 0.6 is 0 Å². The number of anilines is 2. The van der Waals surface area contributed by atoms with E-state index in [-0.39, 0.29) is 29.7 Å². The molecule has 0 heterocycles. The van der Waals surface area contributed by atoms with Crippen molar-refractivity contribution in [1.29, 1.82) is 0 Å². The van der Waals surface area contributed by atoms with Crippen LogP contribution in [0.25, 0.3) is 0 Å². The molecule has 2 aromatic rings. The van der Waals surface area contributed by atoms with Gasteiger partial charge in [0.05, 0.1) is 11.4 Å². The van der Waals surface area contributed by atoms with Crippen molar-refractivity contribution in [3.8, 4) is 0 Å². The molecule has 0 saturated carbocycles. The summed E-state index contributed by atoms with van der Waals surface area (Å²) in [6.07, 6.45) is 0. The lowest BCUT2D eigenvalue weighted by Crippen LogP contribution is -2.37. The van der Waals surface area contributed by atoms with Crippen molar-refractivity contribution in [2.45, 2.75) is 25.7 Å². The lowest BCUT2D eigenvalue weighted by atomic mass is 10.2. The van der Waals surface area contributed by atoms with Gasteiger partial charge in [-0.15, -0.1) is 0 Å². The molecule has 0 spiro atoms. The van der Waals surface area contributed by atoms with E-state index in [1.165, 1.54) is 38.1 Å². The second-order valence-corrected chi connectivity index (χ2v) is 8.26. The summed E-state index contributed by atoms with van der Waals surface area (Å²) in [7, 11) is -3.89. The van der Waals surface area contributed by atoms with Crippen LogP contribution in [0.5, 0.6) is 0 Å². The van der Waals surface area contributed by atoms with Gasteiger partial charge in [-0.05, 0) is 43.3 Å². The van der Waals surface area contributed by atoms with Crippen molar-refractivity contribution in [2.75, 3.05) is 23.7 Å². The summed E-state index contributed by atoms with van der Waals surface area (Å²) in [6, 6.07) is 12.1. The molecule has 0 unspecified atom stereocenters. The summed E-state index contributed by atoms with van der Waals surface area (Å²) in [5.41, 5.74) is 1.47. The highest BCUT2D eigenvalue weighted by molar-refractivity contribution is 7.89. The highest BCUT2D eigenvalue weighted by Crippen LogP contribution is 2.18. The highest BCUT2D eigenvalue weighted by Gasteiger charge is 2.25. The zero-order chi connectivity index (χ0) is 21.6. The van der Waals surface area contributed by atoms with Crippen LogP contribution in [0.3, 0.4) is 0 Å². The normalized spacial score (nSPS) is 11.2. The minimum absolute atomic E-state index is 0.0109. The molecule has 29 heavy (non-hydrogen) atoms. The van der Waals surface area contributed by atoms with Crippen LogP contribution in [0.15, 0.2) is 53.4 Å². The first kappa shape index (κ1) is 22.3. The molecule has 0 saturated heterocycles. The largest absolute Gasteiger partial charge is 0.326 e. The third-order valence-corrected chi connectivity index (χ3v) is 6.00. The Labute approximate surface area is 170 Å². The third-order valence-electron chi connectivity index (χ3n) is 4.06. The number of Topliss-reactive ketones (excluding diaryl/α,β-unsaturated/α-hetero) is 1. The molecule has 2 N–H and O–H groups in total. The molecule has 0 atom stereocenters. The maximum Gasteiger partial charge on any atom is 0.243 e. The molecule has 9 heteroatoms. The molecule has 0 aliphatic heterocycles. The number of carbonyl (C=O) groups excluding carboxylic acids is 3. The van der Waals surface area contributed by atoms with E-state index in [1.807, 2.05) is 0 Å². The number of likely N-dealkylation sites (N-methyl/N-ethyl adjacent to an activating group) is 1. The zero-order valence-electron chi connectivity index (χ0n) is 16.4. The Morgan fingerprint density at radius 1 is 0.862 bits per heavy atom. The Hall–Kier alpha value is -3.04. The molecular formula is C20H23N3O5S. The topological polar surface area (TPSA) is 113 Å². The van der Waals surface area contributed by atoms with E-state index < -0.39 is 15.9 Å². The number of hydrogen-bond donors (Lipinski definition) is 2. The number of amides is 2. The van der Waals surface area contributed by atoms with E-state index in [4.69, 9.17) is 0 Å². The molecular weight excluding hydrogens is 394 g/mol. The third kappa shape index (κ3) is 5.97. The fourth-order valence-electron chi connectivity index (χ4n) is 2.58. The maximum absolute atomic E-state index is 12.8. The Morgan fingerprint density at radius 3 is 1.83 bits per heavy atom. The van der Waals surface area contributed by atoms with Gasteiger partial charge in [-0.25, -0.2) is 8.42 Å². The Morgan fingerprint density at radius 2 is 1.38 bits per heavy atom. The van der Waals surface area contributed by atoms with Crippen LogP contribution in [0.2, 0.25) is 0 Å². The molecule has 0 aliphatic rings. The number of carbonyl (C=O) groups is 3. The average molecular weight is 417 g/mol. The lowest BCUT2D eigenvalue weighted by molar-refractivity contribution is -0.116. The molecule has 2 amide bonds. The van der Waals surface area contributed by atoms with Crippen LogP contribution in [0.4, 0.5) is 11.4 Å². The minimum atomic E-state index is -3.89. The molecule has 0 aromatic heterocycles. The smallest absolute Gasteiger partial charge is 0.243 e. The second-order valence-electron chi connectivity index (χ2n) is 6.32. The lowest BCUT2D eigenvalue weighted by Gasteiger charge is -2.20. The number of hydrogen-bond acceptors (Lipinski definition) is 5. The van der Waals surface area contributed by atoms with Crippen molar-refractivity contribution >= 4 is 39.0 Å². The molecule has 2 aromatic carbocycles. The molecule has 0 fully saturated rings. The second kappa shape index (κ2) is 9.44. The summed E-state index contributed by atoms with van der Waals surface area (Å²) in [6.45, 7) is 4.17. The quantitative estimate of drug-likeness (QED) is 0.641. The molecule has 0 bridgehead atoms. The van der Waals surface area contributed by atoms with Gasteiger partial charge in [0, 0.05) is 30.4 Å². The first-order valence-corrected chi connectivity index (χ1v) is 10.4. The number of rotatable bonds is 8. The molecule has 0 radical (unpaired) electrons. The SMILES string of the molecule is CCN(CC(=O)Nc1ccc(NC(C)=O)cc1)S(=O)(=O)c1ccc(C(C)=O)cc1. The summed E-state index contributed by atoms with van der Waals surface area (Å²) >= 11 is 0. The first-order valence-electron chi connectivity index (χ1n) is 8.92. The number of sulfonamides is 1. The summed E-state index contributed by atoms with van der Waals surface area (Å²) in [5, 5.41) is 5.25. The fourth-order valence-corrected chi connectivity index (χ4v) is 3.98. The summed E-state index contributed by atoms with van der Waals surface area (Å²) in [4.78, 5) is 34.7. The van der Waals surface area contributed by atoms with E-state index >= 15 is 0 Å². The molecule has 2 rings (SSSR count). The monoisotopic (exact) mass is 417 g/mol. The van der Waals surface area contributed by atoms with Gasteiger partial charge in [-0.2, -0.15) is 4.31 Å². The number of nitrogens with zero attached hydrogens (tertiary/aromatic N) is 1. The van der Waals surface area contributed by atoms with Gasteiger partial charge in [-0.3, -0.25) is 14.4 Å². The summed E-state index contributed by atoms with van der Waals surface area (Å²) < 4.78 is 26.7. The van der Waals surface area contributed by atoms with Gasteiger partial charge >= 0.3 is 0 Å². The van der Waals surface area contributed by atoms with E-state index in [1.54, 1.807) is 31.2 Å². The molecule has 0 aliphatic carbocycles. The molecule has 154 valence electrons. The molecule has 8 nitrogen and oxygen atoms in total. The van der Waals surface area contributed by atoms with Gasteiger partial charge in [-0.1, -0.05) is 19.1 Å². The Bertz CT molecular complexity index is 999. The highest BCUT2D eigenvalue weighted by atomic mass is 32.2. The minimum Gasteiger partial charge on any atom is -0.326 e.